The number of aromatic nitrogens is 1. The Labute approximate surface area is 159 Å². The number of carbonyl (C=O) groups excluding carboxylic acids is 2. The summed E-state index contributed by atoms with van der Waals surface area (Å²) in [7, 11) is 0. The second-order valence-electron chi connectivity index (χ2n) is 5.82. The van der Waals surface area contributed by atoms with Crippen molar-refractivity contribution in [2.45, 2.75) is 6.92 Å². The predicted octanol–water partition coefficient (Wildman–Crippen LogP) is 3.75. The van der Waals surface area contributed by atoms with E-state index in [4.69, 9.17) is 9.47 Å². The lowest BCUT2D eigenvalue weighted by Gasteiger charge is -2.05. The molecule has 0 saturated heterocycles. The lowest BCUT2D eigenvalue weighted by atomic mass is 10.1. The Morgan fingerprint density at radius 1 is 1.07 bits per heavy atom. The van der Waals surface area contributed by atoms with Crippen LogP contribution in [0, 0.1) is 0 Å². The molecule has 1 aliphatic heterocycles. The van der Waals surface area contributed by atoms with E-state index in [1.165, 1.54) is 18.3 Å². The highest BCUT2D eigenvalue weighted by atomic mass is 32.1. The zero-order valence-corrected chi connectivity index (χ0v) is 15.1. The second kappa shape index (κ2) is 7.08. The van der Waals surface area contributed by atoms with Gasteiger partial charge in [-0.2, -0.15) is 0 Å². The molecule has 27 heavy (non-hydrogen) atoms. The molecule has 0 saturated carbocycles. The number of carbonyl (C=O) groups is 2. The van der Waals surface area contributed by atoms with Crippen LogP contribution in [0.4, 0.5) is 10.8 Å². The van der Waals surface area contributed by atoms with Crippen molar-refractivity contribution in [2.75, 3.05) is 17.4 Å². The number of anilines is 2. The van der Waals surface area contributed by atoms with Crippen LogP contribution in [0.2, 0.25) is 0 Å². The third kappa shape index (κ3) is 3.75. The van der Waals surface area contributed by atoms with Crippen LogP contribution in [0.25, 0.3) is 11.3 Å². The van der Waals surface area contributed by atoms with Gasteiger partial charge in [0, 0.05) is 29.1 Å². The average Bonchev–Trinajstić information content (AvgIpc) is 3.29. The number of benzene rings is 2. The fourth-order valence-corrected chi connectivity index (χ4v) is 3.35. The molecule has 2 heterocycles. The molecular formula is C19H15N3O4S. The number of hydrogen-bond acceptors (Lipinski definition) is 6. The van der Waals surface area contributed by atoms with E-state index in [9.17, 15) is 9.59 Å². The molecule has 1 aliphatic rings. The zero-order chi connectivity index (χ0) is 18.8. The first-order valence-corrected chi connectivity index (χ1v) is 9.01. The molecule has 0 radical (unpaired) electrons. The van der Waals surface area contributed by atoms with Gasteiger partial charge >= 0.3 is 0 Å². The van der Waals surface area contributed by atoms with Crippen molar-refractivity contribution in [1.82, 2.24) is 4.98 Å². The fourth-order valence-electron chi connectivity index (χ4n) is 2.63. The van der Waals surface area contributed by atoms with Crippen molar-refractivity contribution in [3.05, 3.63) is 53.4 Å². The Bertz CT molecular complexity index is 1030. The van der Waals surface area contributed by atoms with Gasteiger partial charge in [0.05, 0.1) is 5.69 Å². The molecule has 1 aromatic heterocycles. The molecule has 0 unspecified atom stereocenters. The van der Waals surface area contributed by atoms with E-state index in [1.807, 2.05) is 23.6 Å². The Balaban J connectivity index is 1.49. The molecule has 2 amide bonds. The van der Waals surface area contributed by atoms with Gasteiger partial charge in [-0.3, -0.25) is 14.9 Å². The van der Waals surface area contributed by atoms with Crippen molar-refractivity contribution < 1.29 is 19.1 Å². The molecule has 0 spiro atoms. The highest BCUT2D eigenvalue weighted by Gasteiger charge is 2.16. The van der Waals surface area contributed by atoms with E-state index in [-0.39, 0.29) is 18.6 Å². The summed E-state index contributed by atoms with van der Waals surface area (Å²) >= 11 is 1.33. The Morgan fingerprint density at radius 2 is 1.93 bits per heavy atom. The van der Waals surface area contributed by atoms with Gasteiger partial charge in [-0.05, 0) is 36.4 Å². The minimum absolute atomic E-state index is 0.194. The molecule has 0 aliphatic carbocycles. The number of ether oxygens (including phenoxy) is 2. The maximum Gasteiger partial charge on any atom is 0.257 e. The molecule has 4 rings (SSSR count). The smallest absolute Gasteiger partial charge is 0.257 e. The molecule has 0 atom stereocenters. The first kappa shape index (κ1) is 17.0. The van der Waals surface area contributed by atoms with Gasteiger partial charge in [-0.25, -0.2) is 4.98 Å². The minimum atomic E-state index is -0.297. The highest BCUT2D eigenvalue weighted by Crippen LogP contribution is 2.36. The average molecular weight is 381 g/mol. The van der Waals surface area contributed by atoms with Crippen LogP contribution in [0.5, 0.6) is 11.5 Å². The van der Waals surface area contributed by atoms with Crippen molar-refractivity contribution in [1.29, 1.82) is 0 Å². The number of thiazole rings is 1. The summed E-state index contributed by atoms with van der Waals surface area (Å²) in [5.74, 6) is 0.900. The van der Waals surface area contributed by atoms with Crippen molar-refractivity contribution >= 4 is 34.0 Å². The quantitative estimate of drug-likeness (QED) is 0.718. The first-order valence-electron chi connectivity index (χ1n) is 8.13. The summed E-state index contributed by atoms with van der Waals surface area (Å²) in [4.78, 5) is 28.1. The number of nitrogens with zero attached hydrogens (tertiary/aromatic N) is 1. The number of fused-ring (bicyclic) bond motifs is 1. The van der Waals surface area contributed by atoms with Crippen molar-refractivity contribution in [3.63, 3.8) is 0 Å². The fraction of sp³-hybridized carbons (Fsp3) is 0.105. The summed E-state index contributed by atoms with van der Waals surface area (Å²) in [5, 5.41) is 7.78. The Morgan fingerprint density at radius 3 is 2.78 bits per heavy atom. The lowest BCUT2D eigenvalue weighted by Crippen LogP contribution is -2.13. The Kier molecular flexibility index (Phi) is 4.47. The molecule has 2 N–H and O–H groups in total. The van der Waals surface area contributed by atoms with E-state index in [2.05, 4.69) is 15.6 Å². The van der Waals surface area contributed by atoms with Gasteiger partial charge in [0.25, 0.3) is 5.91 Å². The van der Waals surface area contributed by atoms with E-state index in [0.29, 0.717) is 27.9 Å². The summed E-state index contributed by atoms with van der Waals surface area (Å²) in [6.45, 7) is 1.63. The monoisotopic (exact) mass is 381 g/mol. The molecule has 2 aromatic carbocycles. The molecule has 3 aromatic rings. The topological polar surface area (TPSA) is 89.6 Å². The summed E-state index contributed by atoms with van der Waals surface area (Å²) < 4.78 is 10.7. The van der Waals surface area contributed by atoms with Gasteiger partial charge in [0.1, 0.15) is 0 Å². The molecule has 0 bridgehead atoms. The third-order valence-corrected chi connectivity index (χ3v) is 4.60. The van der Waals surface area contributed by atoms with Crippen LogP contribution < -0.4 is 20.1 Å². The maximum absolute atomic E-state index is 12.5. The highest BCUT2D eigenvalue weighted by molar-refractivity contribution is 7.14. The standard InChI is InChI=1S/C19H15N3O4S/c1-11(23)20-14-4-2-3-13(7-14)18(24)22-19-21-15(9-27-19)12-5-6-16-17(8-12)26-10-25-16/h2-9H,10H2,1H3,(H,20,23)(H,21,22,24). The van der Waals surface area contributed by atoms with E-state index < -0.39 is 0 Å². The predicted molar refractivity (Wildman–Crippen MR) is 102 cm³/mol. The summed E-state index contributed by atoms with van der Waals surface area (Å²) in [6, 6.07) is 12.3. The van der Waals surface area contributed by atoms with Crippen LogP contribution in [0.1, 0.15) is 17.3 Å². The van der Waals surface area contributed by atoms with E-state index >= 15 is 0 Å². The number of hydrogen-bond donors (Lipinski definition) is 2. The van der Waals surface area contributed by atoms with E-state index in [0.717, 1.165) is 11.3 Å². The molecule has 136 valence electrons. The molecule has 7 nitrogen and oxygen atoms in total. The van der Waals surface area contributed by atoms with Crippen LogP contribution in [0.15, 0.2) is 47.8 Å². The van der Waals surface area contributed by atoms with Crippen molar-refractivity contribution in [3.8, 4) is 22.8 Å². The van der Waals surface area contributed by atoms with Gasteiger partial charge in [0.15, 0.2) is 16.6 Å². The number of rotatable bonds is 4. The summed E-state index contributed by atoms with van der Waals surface area (Å²) in [5.41, 5.74) is 2.61. The normalized spacial score (nSPS) is 11.9. The van der Waals surface area contributed by atoms with Gasteiger partial charge in [0.2, 0.25) is 12.7 Å². The van der Waals surface area contributed by atoms with E-state index in [1.54, 1.807) is 24.3 Å². The number of amides is 2. The maximum atomic E-state index is 12.5. The molecular weight excluding hydrogens is 366 g/mol. The third-order valence-electron chi connectivity index (χ3n) is 3.84. The SMILES string of the molecule is CC(=O)Nc1cccc(C(=O)Nc2nc(-c3ccc4c(c3)OCO4)cs2)c1. The molecule has 8 heteroatoms. The second-order valence-corrected chi connectivity index (χ2v) is 6.68. The van der Waals surface area contributed by atoms with Crippen LogP contribution in [0.3, 0.4) is 0 Å². The van der Waals surface area contributed by atoms with Gasteiger partial charge in [-0.1, -0.05) is 6.07 Å². The first-order chi connectivity index (χ1) is 13.1. The van der Waals surface area contributed by atoms with Crippen molar-refractivity contribution in [2.24, 2.45) is 0 Å². The van der Waals surface area contributed by atoms with Crippen LogP contribution >= 0.6 is 11.3 Å². The Hall–Kier alpha value is -3.39. The molecule has 0 fully saturated rings. The minimum Gasteiger partial charge on any atom is -0.454 e. The van der Waals surface area contributed by atoms with Gasteiger partial charge < -0.3 is 14.8 Å². The zero-order valence-electron chi connectivity index (χ0n) is 14.3. The number of nitrogens with one attached hydrogen (secondary N) is 2. The summed E-state index contributed by atoms with van der Waals surface area (Å²) in [6.07, 6.45) is 0. The van der Waals surface area contributed by atoms with Gasteiger partial charge in [-0.15, -0.1) is 11.3 Å². The van der Waals surface area contributed by atoms with Crippen LogP contribution in [-0.4, -0.2) is 23.6 Å². The largest absolute Gasteiger partial charge is 0.454 e. The lowest BCUT2D eigenvalue weighted by molar-refractivity contribution is -0.114. The van der Waals surface area contributed by atoms with Crippen LogP contribution in [-0.2, 0) is 4.79 Å².